The molecule has 15 heavy (non-hydrogen) atoms. The van der Waals surface area contributed by atoms with Gasteiger partial charge in [-0.15, -0.1) is 10.2 Å². The Balaban J connectivity index is 2.03. The zero-order valence-electron chi connectivity index (χ0n) is 9.24. The summed E-state index contributed by atoms with van der Waals surface area (Å²) >= 11 is 0. The van der Waals surface area contributed by atoms with Gasteiger partial charge in [-0.25, -0.2) is 0 Å². The third-order valence-electron chi connectivity index (χ3n) is 3.72. The largest absolute Gasteiger partial charge is 0.319 e. The lowest BCUT2D eigenvalue weighted by molar-refractivity contribution is 0.405. The lowest BCUT2D eigenvalue weighted by Crippen LogP contribution is -2.36. The van der Waals surface area contributed by atoms with Crippen molar-refractivity contribution in [2.24, 2.45) is 5.73 Å². The molecule has 0 radical (unpaired) electrons. The molecule has 2 aliphatic carbocycles. The standard InChI is InChI=1S/C11H18N4/c1-8-13-14-10(15(8)9-4-5-9)11(12)6-2-3-7-11/h9H,2-7,12H2,1H3. The molecular weight excluding hydrogens is 188 g/mol. The maximum absolute atomic E-state index is 6.44. The Kier molecular flexibility index (Phi) is 1.89. The average Bonchev–Trinajstić information content (AvgIpc) is 2.83. The van der Waals surface area contributed by atoms with Crippen LogP contribution in [0.3, 0.4) is 0 Å². The molecule has 82 valence electrons. The second-order valence-corrected chi connectivity index (χ2v) is 5.04. The normalized spacial score (nSPS) is 24.7. The maximum Gasteiger partial charge on any atom is 0.153 e. The fraction of sp³-hybridized carbons (Fsp3) is 0.818. The molecule has 0 spiro atoms. The van der Waals surface area contributed by atoms with E-state index < -0.39 is 0 Å². The Labute approximate surface area is 89.9 Å². The van der Waals surface area contributed by atoms with Gasteiger partial charge in [0.05, 0.1) is 5.54 Å². The summed E-state index contributed by atoms with van der Waals surface area (Å²) in [5.74, 6) is 2.07. The number of nitrogens with zero attached hydrogens (tertiary/aromatic N) is 3. The van der Waals surface area contributed by atoms with Gasteiger partial charge < -0.3 is 10.3 Å². The molecule has 4 heteroatoms. The van der Waals surface area contributed by atoms with Gasteiger partial charge >= 0.3 is 0 Å². The Hall–Kier alpha value is -0.900. The van der Waals surface area contributed by atoms with E-state index in [-0.39, 0.29) is 5.54 Å². The van der Waals surface area contributed by atoms with Crippen LogP contribution in [0.15, 0.2) is 0 Å². The first-order chi connectivity index (χ1) is 7.21. The molecule has 0 atom stereocenters. The minimum absolute atomic E-state index is 0.191. The summed E-state index contributed by atoms with van der Waals surface area (Å²) in [6, 6.07) is 0.635. The molecule has 1 aromatic heterocycles. The van der Waals surface area contributed by atoms with Crippen molar-refractivity contribution in [3.63, 3.8) is 0 Å². The van der Waals surface area contributed by atoms with E-state index in [1.165, 1.54) is 25.7 Å². The van der Waals surface area contributed by atoms with Gasteiger partial charge in [0, 0.05) is 6.04 Å². The van der Waals surface area contributed by atoms with Crippen LogP contribution in [0.2, 0.25) is 0 Å². The van der Waals surface area contributed by atoms with Gasteiger partial charge in [0.1, 0.15) is 5.82 Å². The van der Waals surface area contributed by atoms with E-state index in [0.717, 1.165) is 24.5 Å². The molecule has 2 N–H and O–H groups in total. The van der Waals surface area contributed by atoms with E-state index in [1.54, 1.807) is 0 Å². The minimum atomic E-state index is -0.191. The highest BCUT2D eigenvalue weighted by Gasteiger charge is 2.39. The molecule has 0 aliphatic heterocycles. The lowest BCUT2D eigenvalue weighted by Gasteiger charge is -2.23. The topological polar surface area (TPSA) is 56.7 Å². The van der Waals surface area contributed by atoms with E-state index in [0.29, 0.717) is 6.04 Å². The van der Waals surface area contributed by atoms with Crippen molar-refractivity contribution in [3.05, 3.63) is 11.6 Å². The number of aromatic nitrogens is 3. The van der Waals surface area contributed by atoms with E-state index in [4.69, 9.17) is 5.73 Å². The SMILES string of the molecule is Cc1nnc(C2(N)CCCC2)n1C1CC1. The molecule has 3 rings (SSSR count). The Bertz CT molecular complexity index is 372. The summed E-state index contributed by atoms with van der Waals surface area (Å²) in [5, 5.41) is 8.52. The predicted molar refractivity (Wildman–Crippen MR) is 57.4 cm³/mol. The van der Waals surface area contributed by atoms with Gasteiger partial charge in [-0.1, -0.05) is 12.8 Å². The zero-order valence-corrected chi connectivity index (χ0v) is 9.24. The second kappa shape index (κ2) is 3.04. The summed E-state index contributed by atoms with van der Waals surface area (Å²) in [6.45, 7) is 2.03. The van der Waals surface area contributed by atoms with Crippen LogP contribution in [0.4, 0.5) is 0 Å². The van der Waals surface area contributed by atoms with Crippen molar-refractivity contribution in [1.82, 2.24) is 14.8 Å². The average molecular weight is 206 g/mol. The monoisotopic (exact) mass is 206 g/mol. The zero-order chi connectivity index (χ0) is 10.5. The molecule has 1 aromatic rings. The molecule has 0 saturated heterocycles. The van der Waals surface area contributed by atoms with Crippen molar-refractivity contribution in [3.8, 4) is 0 Å². The number of hydrogen-bond acceptors (Lipinski definition) is 3. The van der Waals surface area contributed by atoms with Crippen molar-refractivity contribution < 1.29 is 0 Å². The summed E-state index contributed by atoms with van der Waals surface area (Å²) in [4.78, 5) is 0. The van der Waals surface area contributed by atoms with Crippen LogP contribution < -0.4 is 5.73 Å². The Morgan fingerprint density at radius 3 is 2.53 bits per heavy atom. The Morgan fingerprint density at radius 1 is 1.27 bits per heavy atom. The molecule has 2 saturated carbocycles. The van der Waals surface area contributed by atoms with Crippen LogP contribution in [0.5, 0.6) is 0 Å². The first-order valence-corrected chi connectivity index (χ1v) is 5.91. The third kappa shape index (κ3) is 1.39. The number of nitrogens with two attached hydrogens (primary N) is 1. The molecule has 0 aromatic carbocycles. The highest BCUT2D eigenvalue weighted by Crippen LogP contribution is 2.42. The van der Waals surface area contributed by atoms with Gasteiger partial charge in [0.25, 0.3) is 0 Å². The summed E-state index contributed by atoms with van der Waals surface area (Å²) < 4.78 is 2.28. The molecule has 2 fully saturated rings. The Morgan fingerprint density at radius 2 is 1.93 bits per heavy atom. The van der Waals surface area contributed by atoms with Gasteiger partial charge in [-0.05, 0) is 32.6 Å². The van der Waals surface area contributed by atoms with Gasteiger partial charge in [-0.2, -0.15) is 0 Å². The fourth-order valence-corrected chi connectivity index (χ4v) is 2.71. The van der Waals surface area contributed by atoms with E-state index in [9.17, 15) is 0 Å². The molecule has 0 bridgehead atoms. The van der Waals surface area contributed by atoms with Crippen LogP contribution in [0.25, 0.3) is 0 Å². The molecule has 2 aliphatic rings. The first kappa shape index (κ1) is 9.33. The minimum Gasteiger partial charge on any atom is -0.319 e. The molecular formula is C11H18N4. The predicted octanol–water partition coefficient (Wildman–Crippen LogP) is 1.65. The van der Waals surface area contributed by atoms with E-state index in [1.807, 2.05) is 6.92 Å². The molecule has 4 nitrogen and oxygen atoms in total. The molecule has 0 amide bonds. The van der Waals surface area contributed by atoms with Crippen molar-refractivity contribution in [2.45, 2.75) is 57.0 Å². The molecule has 0 unspecified atom stereocenters. The van der Waals surface area contributed by atoms with Gasteiger partial charge in [0.2, 0.25) is 0 Å². The second-order valence-electron chi connectivity index (χ2n) is 5.04. The summed E-state index contributed by atoms with van der Waals surface area (Å²) in [5.41, 5.74) is 6.25. The van der Waals surface area contributed by atoms with Crippen LogP contribution in [-0.4, -0.2) is 14.8 Å². The number of rotatable bonds is 2. The van der Waals surface area contributed by atoms with Crippen LogP contribution in [0.1, 0.15) is 56.2 Å². The van der Waals surface area contributed by atoms with Crippen molar-refractivity contribution in [2.75, 3.05) is 0 Å². The third-order valence-corrected chi connectivity index (χ3v) is 3.72. The van der Waals surface area contributed by atoms with Crippen LogP contribution in [-0.2, 0) is 5.54 Å². The van der Waals surface area contributed by atoms with E-state index in [2.05, 4.69) is 14.8 Å². The lowest BCUT2D eigenvalue weighted by atomic mass is 9.98. The number of hydrogen-bond donors (Lipinski definition) is 1. The van der Waals surface area contributed by atoms with E-state index >= 15 is 0 Å². The molecule has 1 heterocycles. The maximum atomic E-state index is 6.44. The van der Waals surface area contributed by atoms with Crippen molar-refractivity contribution in [1.29, 1.82) is 0 Å². The smallest absolute Gasteiger partial charge is 0.153 e. The summed E-state index contributed by atoms with van der Waals surface area (Å²) in [7, 11) is 0. The van der Waals surface area contributed by atoms with Crippen molar-refractivity contribution >= 4 is 0 Å². The number of aryl methyl sites for hydroxylation is 1. The van der Waals surface area contributed by atoms with Crippen LogP contribution in [0, 0.1) is 6.92 Å². The van der Waals surface area contributed by atoms with Gasteiger partial charge in [0.15, 0.2) is 5.82 Å². The highest BCUT2D eigenvalue weighted by atomic mass is 15.3. The highest BCUT2D eigenvalue weighted by molar-refractivity contribution is 5.13. The fourth-order valence-electron chi connectivity index (χ4n) is 2.71. The summed E-state index contributed by atoms with van der Waals surface area (Å²) in [6.07, 6.45) is 7.12. The van der Waals surface area contributed by atoms with Crippen LogP contribution >= 0.6 is 0 Å². The first-order valence-electron chi connectivity index (χ1n) is 5.91. The van der Waals surface area contributed by atoms with Gasteiger partial charge in [-0.3, -0.25) is 0 Å². The quantitative estimate of drug-likeness (QED) is 0.800.